The first-order chi connectivity index (χ1) is 14.5. The first-order valence-corrected chi connectivity index (χ1v) is 9.41. The Morgan fingerprint density at radius 1 is 1.20 bits per heavy atom. The van der Waals surface area contributed by atoms with Gasteiger partial charge in [0.15, 0.2) is 0 Å². The van der Waals surface area contributed by atoms with Crippen LogP contribution in [-0.4, -0.2) is 40.6 Å². The molecular weight excluding hydrogens is 408 g/mol. The van der Waals surface area contributed by atoms with Crippen LogP contribution in [0.5, 0.6) is 0 Å². The number of carbonyl (C=O) groups is 1. The molecule has 0 fully saturated rings. The summed E-state index contributed by atoms with van der Waals surface area (Å²) < 4.78 is 3.28. The number of benzene rings is 2. The molecule has 4 aromatic rings. The number of amides is 1. The van der Waals surface area contributed by atoms with Crippen molar-refractivity contribution in [3.8, 4) is 5.69 Å². The summed E-state index contributed by atoms with van der Waals surface area (Å²) in [6, 6.07) is 11.2. The van der Waals surface area contributed by atoms with Gasteiger partial charge in [0.25, 0.3) is 11.6 Å². The molecule has 11 nitrogen and oxygen atoms in total. The third kappa shape index (κ3) is 4.03. The molecule has 0 saturated heterocycles. The quantitative estimate of drug-likeness (QED) is 0.370. The normalized spacial score (nSPS) is 10.7. The Bertz CT molecular complexity index is 1200. The molecule has 30 heavy (non-hydrogen) atoms. The third-order valence-electron chi connectivity index (χ3n) is 4.13. The molecule has 4 rings (SSSR count). The molecule has 2 heterocycles. The number of hydrogen-bond acceptors (Lipinski definition) is 8. The largest absolute Gasteiger partial charge is 0.322 e. The topological polar surface area (TPSA) is 134 Å². The molecule has 2 aromatic carbocycles. The minimum Gasteiger partial charge on any atom is -0.322 e. The Kier molecular flexibility index (Phi) is 5.22. The van der Waals surface area contributed by atoms with Crippen LogP contribution in [0.2, 0.25) is 0 Å². The second kappa shape index (κ2) is 8.13. The number of nitro benzene ring substituents is 1. The highest BCUT2D eigenvalue weighted by Crippen LogP contribution is 2.31. The molecular formula is C18H14N8O3S. The molecule has 0 atom stereocenters. The first kappa shape index (κ1) is 19.3. The maximum atomic E-state index is 12.9. The summed E-state index contributed by atoms with van der Waals surface area (Å²) in [6.45, 7) is 0. The van der Waals surface area contributed by atoms with Gasteiger partial charge >= 0.3 is 0 Å². The summed E-state index contributed by atoms with van der Waals surface area (Å²) in [5.74, 6) is -0.480. The molecule has 0 aliphatic rings. The van der Waals surface area contributed by atoms with Crippen LogP contribution in [0.15, 0.2) is 71.2 Å². The number of nitro groups is 1. The Balaban J connectivity index is 1.60. The van der Waals surface area contributed by atoms with E-state index in [1.807, 2.05) is 22.9 Å². The van der Waals surface area contributed by atoms with E-state index in [0.717, 1.165) is 17.4 Å². The van der Waals surface area contributed by atoms with Gasteiger partial charge in [-0.25, -0.2) is 9.67 Å². The lowest BCUT2D eigenvalue weighted by Crippen LogP contribution is -2.13. The fourth-order valence-electron chi connectivity index (χ4n) is 2.63. The maximum absolute atomic E-state index is 12.9. The molecule has 0 aliphatic heterocycles. The molecule has 0 unspecified atom stereocenters. The van der Waals surface area contributed by atoms with Crippen molar-refractivity contribution in [1.82, 2.24) is 29.8 Å². The molecule has 2 aromatic heterocycles. The summed E-state index contributed by atoms with van der Waals surface area (Å²) in [4.78, 5) is 28.0. The third-order valence-corrected chi connectivity index (χ3v) is 5.23. The number of tetrazole rings is 1. The predicted octanol–water partition coefficient (Wildman–Crippen LogP) is 2.71. The van der Waals surface area contributed by atoms with Crippen molar-refractivity contribution in [2.45, 2.75) is 10.1 Å². The van der Waals surface area contributed by atoms with E-state index in [1.165, 1.54) is 22.9 Å². The number of carbonyl (C=O) groups excluding carboxylic acids is 1. The van der Waals surface area contributed by atoms with Crippen molar-refractivity contribution in [1.29, 1.82) is 0 Å². The van der Waals surface area contributed by atoms with Crippen molar-refractivity contribution >= 4 is 29.0 Å². The number of rotatable bonds is 6. The van der Waals surface area contributed by atoms with E-state index in [-0.39, 0.29) is 11.3 Å². The zero-order valence-corrected chi connectivity index (χ0v) is 16.4. The molecule has 1 amide bonds. The maximum Gasteiger partial charge on any atom is 0.270 e. The molecule has 0 spiro atoms. The summed E-state index contributed by atoms with van der Waals surface area (Å²) in [5.41, 5.74) is 1.39. The summed E-state index contributed by atoms with van der Waals surface area (Å²) in [7, 11) is 1.66. The van der Waals surface area contributed by atoms with Gasteiger partial charge in [-0.3, -0.25) is 14.9 Å². The van der Waals surface area contributed by atoms with Crippen molar-refractivity contribution in [2.75, 3.05) is 5.32 Å². The lowest BCUT2D eigenvalue weighted by atomic mass is 10.1. The standard InChI is InChI=1S/C18H14N8O3S/c1-24-18(21-22-23-24)30-16-7-6-14(26(28)29)10-15(16)17(27)20-12-2-4-13(5-3-12)25-9-8-19-11-25/h2-11H,1H3,(H,20,27). The molecule has 0 aliphatic carbocycles. The van der Waals surface area contributed by atoms with Crippen LogP contribution in [0.3, 0.4) is 0 Å². The number of nitrogens with one attached hydrogen (secondary N) is 1. The molecule has 0 saturated carbocycles. The lowest BCUT2D eigenvalue weighted by molar-refractivity contribution is -0.384. The minimum atomic E-state index is -0.547. The Hall–Kier alpha value is -4.06. The number of non-ortho nitro benzene ring substituents is 1. The van der Waals surface area contributed by atoms with Crippen LogP contribution in [0.1, 0.15) is 10.4 Å². The smallest absolute Gasteiger partial charge is 0.270 e. The lowest BCUT2D eigenvalue weighted by Gasteiger charge is -2.10. The number of imidazole rings is 1. The first-order valence-electron chi connectivity index (χ1n) is 8.59. The fraction of sp³-hybridized carbons (Fsp3) is 0.0556. The summed E-state index contributed by atoms with van der Waals surface area (Å²) >= 11 is 1.14. The summed E-state index contributed by atoms with van der Waals surface area (Å²) in [6.07, 6.45) is 5.15. The Morgan fingerprint density at radius 3 is 2.63 bits per heavy atom. The van der Waals surface area contributed by atoms with Gasteiger partial charge in [-0.15, -0.1) is 5.10 Å². The van der Waals surface area contributed by atoms with Gasteiger partial charge in [-0.1, -0.05) is 0 Å². The van der Waals surface area contributed by atoms with Gasteiger partial charge in [0, 0.05) is 47.8 Å². The van der Waals surface area contributed by atoms with E-state index in [2.05, 4.69) is 25.8 Å². The number of hydrogen-bond donors (Lipinski definition) is 1. The Labute approximate surface area is 173 Å². The number of nitrogens with zero attached hydrogens (tertiary/aromatic N) is 7. The van der Waals surface area contributed by atoms with Crippen LogP contribution >= 0.6 is 11.8 Å². The second-order valence-corrected chi connectivity index (χ2v) is 7.10. The monoisotopic (exact) mass is 422 g/mol. The summed E-state index contributed by atoms with van der Waals surface area (Å²) in [5, 5.41) is 25.6. The Morgan fingerprint density at radius 2 is 2.00 bits per heavy atom. The van der Waals surface area contributed by atoms with Crippen LogP contribution < -0.4 is 5.32 Å². The van der Waals surface area contributed by atoms with Gasteiger partial charge in [0.2, 0.25) is 5.16 Å². The molecule has 1 N–H and O–H groups in total. The van der Waals surface area contributed by atoms with Gasteiger partial charge in [0.05, 0.1) is 16.8 Å². The predicted molar refractivity (Wildman–Crippen MR) is 108 cm³/mol. The minimum absolute atomic E-state index is 0.149. The molecule has 12 heteroatoms. The van der Waals surface area contributed by atoms with Crippen molar-refractivity contribution in [3.05, 3.63) is 76.9 Å². The van der Waals surface area contributed by atoms with Crippen LogP contribution in [0.25, 0.3) is 5.69 Å². The van der Waals surface area contributed by atoms with Crippen LogP contribution in [0.4, 0.5) is 11.4 Å². The van der Waals surface area contributed by atoms with Crippen LogP contribution in [-0.2, 0) is 7.05 Å². The number of aromatic nitrogens is 6. The average Bonchev–Trinajstić information content (AvgIpc) is 3.41. The zero-order valence-electron chi connectivity index (χ0n) is 15.5. The molecule has 0 bridgehead atoms. The fourth-order valence-corrected chi connectivity index (χ4v) is 3.47. The van der Waals surface area contributed by atoms with E-state index in [4.69, 9.17) is 0 Å². The van der Waals surface area contributed by atoms with Gasteiger partial charge in [-0.05, 0) is 52.5 Å². The van der Waals surface area contributed by atoms with Gasteiger partial charge in [-0.2, -0.15) is 0 Å². The highest BCUT2D eigenvalue weighted by molar-refractivity contribution is 7.99. The van der Waals surface area contributed by atoms with Crippen molar-refractivity contribution in [3.63, 3.8) is 0 Å². The average molecular weight is 422 g/mol. The van der Waals surface area contributed by atoms with E-state index in [9.17, 15) is 14.9 Å². The van der Waals surface area contributed by atoms with E-state index in [0.29, 0.717) is 15.7 Å². The SMILES string of the molecule is Cn1nnnc1Sc1ccc([N+](=O)[O-])cc1C(=O)Nc1ccc(-n2ccnc2)cc1. The van der Waals surface area contributed by atoms with Crippen LogP contribution in [0, 0.1) is 10.1 Å². The molecule has 150 valence electrons. The van der Waals surface area contributed by atoms with Gasteiger partial charge < -0.3 is 9.88 Å². The van der Waals surface area contributed by atoms with E-state index >= 15 is 0 Å². The molecule has 0 radical (unpaired) electrons. The van der Waals surface area contributed by atoms with E-state index < -0.39 is 10.8 Å². The van der Waals surface area contributed by atoms with Gasteiger partial charge in [0.1, 0.15) is 0 Å². The number of aryl methyl sites for hydroxylation is 1. The van der Waals surface area contributed by atoms with E-state index in [1.54, 1.807) is 31.7 Å². The highest BCUT2D eigenvalue weighted by Gasteiger charge is 2.19. The zero-order chi connectivity index (χ0) is 21.1. The highest BCUT2D eigenvalue weighted by atomic mass is 32.2. The number of anilines is 1. The van der Waals surface area contributed by atoms with Crippen molar-refractivity contribution in [2.24, 2.45) is 7.05 Å². The second-order valence-electron chi connectivity index (χ2n) is 6.10. The van der Waals surface area contributed by atoms with Crippen molar-refractivity contribution < 1.29 is 9.72 Å².